The zero-order chi connectivity index (χ0) is 16.3. The van der Waals surface area contributed by atoms with Crippen LogP contribution in [0.4, 0.5) is 0 Å². The second kappa shape index (κ2) is 5.05. The van der Waals surface area contributed by atoms with Crippen LogP contribution in [0.5, 0.6) is 0 Å². The third kappa shape index (κ3) is 1.73. The standard InChI is InChI=1S/C18H25IN3/c1-7-18(8-2)15-20-16(19)21(6)22(15)14-12(3)10-9-11-13(14)17(18,4)5/h9-11H,7-8H2,1-6H3/q+1. The minimum absolute atomic E-state index is 0.0645. The molecular weight excluding hydrogens is 385 g/mol. The van der Waals surface area contributed by atoms with Gasteiger partial charge in [0, 0.05) is 5.41 Å². The second-order valence-electron chi connectivity index (χ2n) is 6.93. The zero-order valence-electron chi connectivity index (χ0n) is 14.4. The zero-order valence-corrected chi connectivity index (χ0v) is 16.5. The fraction of sp³-hybridized carbons (Fsp3) is 0.556. The minimum atomic E-state index is 0.0645. The molecule has 0 spiro atoms. The molecule has 1 aliphatic heterocycles. The van der Waals surface area contributed by atoms with Crippen molar-refractivity contribution in [3.63, 3.8) is 0 Å². The van der Waals surface area contributed by atoms with E-state index in [1.165, 1.54) is 22.6 Å². The Morgan fingerprint density at radius 2 is 1.86 bits per heavy atom. The number of aromatic nitrogens is 3. The molecule has 0 radical (unpaired) electrons. The van der Waals surface area contributed by atoms with Crippen LogP contribution < -0.4 is 4.68 Å². The molecular formula is C18H25IN3+. The summed E-state index contributed by atoms with van der Waals surface area (Å²) in [4.78, 5) is 4.99. The molecule has 2 aromatic rings. The average molecular weight is 410 g/mol. The van der Waals surface area contributed by atoms with Crippen LogP contribution in [0.25, 0.3) is 5.69 Å². The van der Waals surface area contributed by atoms with E-state index in [9.17, 15) is 0 Å². The molecule has 0 atom stereocenters. The number of nitrogens with zero attached hydrogens (tertiary/aromatic N) is 3. The molecule has 3 rings (SSSR count). The number of fused-ring (bicyclic) bond motifs is 3. The highest BCUT2D eigenvalue weighted by Gasteiger charge is 2.56. The molecule has 0 fully saturated rings. The van der Waals surface area contributed by atoms with Crippen molar-refractivity contribution in [1.82, 2.24) is 9.67 Å². The van der Waals surface area contributed by atoms with Gasteiger partial charge in [0.25, 0.3) is 5.82 Å². The molecule has 0 N–H and O–H groups in total. The average Bonchev–Trinajstić information content (AvgIpc) is 2.76. The van der Waals surface area contributed by atoms with Crippen molar-refractivity contribution in [2.24, 2.45) is 7.05 Å². The first-order valence-corrected chi connectivity index (χ1v) is 9.15. The quantitative estimate of drug-likeness (QED) is 0.543. The summed E-state index contributed by atoms with van der Waals surface area (Å²) >= 11 is 2.35. The van der Waals surface area contributed by atoms with Gasteiger partial charge in [0.15, 0.2) is 0 Å². The maximum absolute atomic E-state index is 4.99. The predicted octanol–water partition coefficient (Wildman–Crippen LogP) is 3.96. The molecule has 0 saturated heterocycles. The molecule has 0 saturated carbocycles. The van der Waals surface area contributed by atoms with Gasteiger partial charge in [-0.15, -0.1) is 9.36 Å². The van der Waals surface area contributed by atoms with Gasteiger partial charge < -0.3 is 0 Å². The lowest BCUT2D eigenvalue weighted by Crippen LogP contribution is -2.54. The number of halogens is 1. The first-order valence-electron chi connectivity index (χ1n) is 8.07. The first-order chi connectivity index (χ1) is 10.3. The molecule has 118 valence electrons. The molecule has 1 aliphatic rings. The molecule has 4 heteroatoms. The Labute approximate surface area is 146 Å². The minimum Gasteiger partial charge on any atom is -0.143 e. The summed E-state index contributed by atoms with van der Waals surface area (Å²) in [6, 6.07) is 6.70. The van der Waals surface area contributed by atoms with Gasteiger partial charge in [0.05, 0.1) is 33.7 Å². The van der Waals surface area contributed by atoms with Gasteiger partial charge in [-0.3, -0.25) is 0 Å². The fourth-order valence-electron chi connectivity index (χ4n) is 4.43. The number of hydrogen-bond acceptors (Lipinski definition) is 1. The number of benzene rings is 1. The van der Waals surface area contributed by atoms with Gasteiger partial charge in [0.2, 0.25) is 0 Å². The topological polar surface area (TPSA) is 21.7 Å². The fourth-order valence-corrected chi connectivity index (χ4v) is 4.87. The molecule has 1 aromatic heterocycles. The molecule has 2 heterocycles. The largest absolute Gasteiger partial charge is 0.379 e. The van der Waals surface area contributed by atoms with Crippen LogP contribution in [0.1, 0.15) is 57.5 Å². The summed E-state index contributed by atoms with van der Waals surface area (Å²) in [7, 11) is 2.11. The summed E-state index contributed by atoms with van der Waals surface area (Å²) in [5, 5.41) is 0. The maximum atomic E-state index is 4.99. The van der Waals surface area contributed by atoms with Crippen molar-refractivity contribution in [1.29, 1.82) is 0 Å². The molecule has 0 unspecified atom stereocenters. The Kier molecular flexibility index (Phi) is 3.66. The summed E-state index contributed by atoms with van der Waals surface area (Å²) in [5.74, 6) is 1.22. The van der Waals surface area contributed by atoms with Crippen molar-refractivity contribution in [2.75, 3.05) is 0 Å². The lowest BCUT2D eigenvalue weighted by molar-refractivity contribution is -0.758. The van der Waals surface area contributed by atoms with E-state index in [0.29, 0.717) is 0 Å². The molecule has 0 amide bonds. The molecule has 0 aliphatic carbocycles. The Balaban J connectivity index is 2.51. The number of rotatable bonds is 2. The highest BCUT2D eigenvalue weighted by atomic mass is 127. The van der Waals surface area contributed by atoms with Gasteiger partial charge in [-0.2, -0.15) is 0 Å². The predicted molar refractivity (Wildman–Crippen MR) is 97.5 cm³/mol. The van der Waals surface area contributed by atoms with Crippen molar-refractivity contribution in [2.45, 2.75) is 58.3 Å². The normalized spacial score (nSPS) is 18.0. The Hall–Kier alpha value is -0.910. The van der Waals surface area contributed by atoms with E-state index in [1.54, 1.807) is 0 Å². The lowest BCUT2D eigenvalue weighted by Gasteiger charge is -2.47. The van der Waals surface area contributed by atoms with Crippen LogP contribution in [-0.2, 0) is 17.9 Å². The van der Waals surface area contributed by atoms with Crippen LogP contribution in [0.3, 0.4) is 0 Å². The van der Waals surface area contributed by atoms with Gasteiger partial charge >= 0.3 is 3.83 Å². The number of aryl methyl sites for hydroxylation is 1. The van der Waals surface area contributed by atoms with Crippen molar-refractivity contribution >= 4 is 22.6 Å². The third-order valence-electron chi connectivity index (χ3n) is 5.92. The number of hydrogen-bond donors (Lipinski definition) is 0. The smallest absolute Gasteiger partial charge is 0.143 e. The van der Waals surface area contributed by atoms with Crippen LogP contribution >= 0.6 is 22.6 Å². The van der Waals surface area contributed by atoms with E-state index < -0.39 is 0 Å². The lowest BCUT2D eigenvalue weighted by atomic mass is 9.57. The van der Waals surface area contributed by atoms with Crippen LogP contribution in [-0.4, -0.2) is 9.67 Å². The van der Waals surface area contributed by atoms with Crippen LogP contribution in [0, 0.1) is 10.8 Å². The Morgan fingerprint density at radius 3 is 2.45 bits per heavy atom. The maximum Gasteiger partial charge on any atom is 0.379 e. The summed E-state index contributed by atoms with van der Waals surface area (Å²) in [6.45, 7) is 11.6. The van der Waals surface area contributed by atoms with E-state index in [-0.39, 0.29) is 10.8 Å². The van der Waals surface area contributed by atoms with Gasteiger partial charge in [-0.25, -0.2) is 0 Å². The van der Waals surface area contributed by atoms with Crippen molar-refractivity contribution in [3.05, 3.63) is 39.0 Å². The SMILES string of the molecule is CCC1(CC)c2nc(I)[n+](C)n2-c2c(C)cccc2C1(C)C. The van der Waals surface area contributed by atoms with E-state index >= 15 is 0 Å². The van der Waals surface area contributed by atoms with Crippen molar-refractivity contribution in [3.8, 4) is 5.69 Å². The number of para-hydroxylation sites is 1. The summed E-state index contributed by atoms with van der Waals surface area (Å²) in [6.07, 6.45) is 2.19. The van der Waals surface area contributed by atoms with E-state index in [0.717, 1.165) is 16.7 Å². The van der Waals surface area contributed by atoms with Gasteiger partial charge in [0.1, 0.15) is 7.05 Å². The third-order valence-corrected chi connectivity index (χ3v) is 6.86. The van der Waals surface area contributed by atoms with Crippen LogP contribution in [0.15, 0.2) is 18.2 Å². The van der Waals surface area contributed by atoms with E-state index in [2.05, 4.69) is 91.8 Å². The Morgan fingerprint density at radius 1 is 1.23 bits per heavy atom. The first kappa shape index (κ1) is 16.0. The Bertz CT molecular complexity index is 739. The van der Waals surface area contributed by atoms with Gasteiger partial charge in [-0.1, -0.05) is 45.9 Å². The van der Waals surface area contributed by atoms with E-state index in [1.807, 2.05) is 0 Å². The van der Waals surface area contributed by atoms with Crippen molar-refractivity contribution < 1.29 is 4.68 Å². The highest BCUT2D eigenvalue weighted by molar-refractivity contribution is 14.1. The second-order valence-corrected chi connectivity index (χ2v) is 7.89. The monoisotopic (exact) mass is 410 g/mol. The highest BCUT2D eigenvalue weighted by Crippen LogP contribution is 2.53. The van der Waals surface area contributed by atoms with Crippen LogP contribution in [0.2, 0.25) is 0 Å². The molecule has 22 heavy (non-hydrogen) atoms. The van der Waals surface area contributed by atoms with Gasteiger partial charge in [-0.05, 0) is 35.9 Å². The molecule has 0 bridgehead atoms. The van der Waals surface area contributed by atoms with E-state index in [4.69, 9.17) is 4.98 Å². The summed E-state index contributed by atoms with van der Waals surface area (Å²) in [5.41, 5.74) is 4.20. The summed E-state index contributed by atoms with van der Waals surface area (Å²) < 4.78 is 5.59. The molecule has 1 aromatic carbocycles. The molecule has 3 nitrogen and oxygen atoms in total.